The second-order valence-corrected chi connectivity index (χ2v) is 14.5. The molecule has 0 aliphatic carbocycles. The van der Waals surface area contributed by atoms with Gasteiger partial charge in [-0.2, -0.15) is 13.1 Å². The third-order valence-corrected chi connectivity index (χ3v) is 11.0. The zero-order chi connectivity index (χ0) is 34.1. The van der Waals surface area contributed by atoms with E-state index in [0.29, 0.717) is 35.6 Å². The van der Waals surface area contributed by atoms with Gasteiger partial charge in [0, 0.05) is 18.4 Å². The topological polar surface area (TPSA) is 87.5 Å². The van der Waals surface area contributed by atoms with Gasteiger partial charge < -0.3 is 9.47 Å². The molecule has 2 unspecified atom stereocenters. The largest absolute Gasteiger partial charge is 0.474 e. The Balaban J connectivity index is 1.50. The summed E-state index contributed by atoms with van der Waals surface area (Å²) >= 11 is 0. The number of aromatic nitrogens is 2. The summed E-state index contributed by atoms with van der Waals surface area (Å²) in [6, 6.07) is 31.8. The summed E-state index contributed by atoms with van der Waals surface area (Å²) in [6.45, 7) is 4.69. The van der Waals surface area contributed by atoms with Crippen LogP contribution in [0.15, 0.2) is 108 Å². The SMILES string of the molecule is CCCCC[N+](C)(n1c(CCCC)nc2ccc(Cc3ccc(OC(C(=O)OC)c4ccccc4)cc3)cc21)S(=O)(=O)c1ccccc1. The number of hydrogen-bond donors (Lipinski definition) is 0. The maximum absolute atomic E-state index is 14.5. The molecule has 8 nitrogen and oxygen atoms in total. The van der Waals surface area contributed by atoms with Gasteiger partial charge in [0.2, 0.25) is 6.10 Å². The highest BCUT2D eigenvalue weighted by atomic mass is 32.2. The van der Waals surface area contributed by atoms with Gasteiger partial charge in [-0.1, -0.05) is 93.4 Å². The number of imidazole rings is 1. The van der Waals surface area contributed by atoms with Crippen molar-refractivity contribution in [2.45, 2.75) is 69.8 Å². The van der Waals surface area contributed by atoms with E-state index in [-0.39, 0.29) is 4.00 Å². The number of esters is 1. The number of carbonyl (C=O) groups excluding carboxylic acids is 1. The molecule has 48 heavy (non-hydrogen) atoms. The fourth-order valence-corrected chi connectivity index (χ4v) is 7.81. The molecule has 0 aliphatic heterocycles. The standard InChI is InChI=1S/C39H46N3O5S/c1-5-7-15-27-42(3,48(44,45)34-18-13-10-14-19-34)41-36-29-31(23-26-35(36)40-37(41)20-8-6-2)28-30-21-24-33(25-22-30)47-38(39(43)46-4)32-16-11-9-12-17-32/h9-14,16-19,21-26,29,38H,5-8,15,20,27-28H2,1-4H3/q+1. The number of aryl methyl sites for hydroxylation is 1. The number of fused-ring (bicyclic) bond motifs is 1. The summed E-state index contributed by atoms with van der Waals surface area (Å²) in [6.07, 6.45) is 5.01. The quantitative estimate of drug-likeness (QED) is 0.0604. The van der Waals surface area contributed by atoms with Crippen molar-refractivity contribution in [3.05, 3.63) is 126 Å². The first-order valence-electron chi connectivity index (χ1n) is 16.8. The van der Waals surface area contributed by atoms with E-state index in [4.69, 9.17) is 14.5 Å². The molecule has 0 saturated heterocycles. The molecule has 0 fully saturated rings. The normalized spacial score (nSPS) is 13.6. The van der Waals surface area contributed by atoms with Crippen LogP contribution in [0.2, 0.25) is 0 Å². The lowest BCUT2D eigenvalue weighted by Crippen LogP contribution is -2.59. The Morgan fingerprint density at radius 1 is 0.833 bits per heavy atom. The highest BCUT2D eigenvalue weighted by molar-refractivity contribution is 7.90. The average Bonchev–Trinajstić information content (AvgIpc) is 3.48. The minimum absolute atomic E-state index is 0.299. The van der Waals surface area contributed by atoms with Crippen LogP contribution in [0.5, 0.6) is 5.75 Å². The van der Waals surface area contributed by atoms with E-state index in [1.54, 1.807) is 24.3 Å². The number of benzene rings is 4. The molecular weight excluding hydrogens is 623 g/mol. The van der Waals surface area contributed by atoms with Crippen molar-refractivity contribution in [1.29, 1.82) is 0 Å². The van der Waals surface area contributed by atoms with Gasteiger partial charge >= 0.3 is 16.0 Å². The van der Waals surface area contributed by atoms with Crippen LogP contribution in [0, 0.1) is 0 Å². The van der Waals surface area contributed by atoms with E-state index in [1.165, 1.54) is 7.11 Å². The number of ether oxygens (including phenoxy) is 2. The third kappa shape index (κ3) is 7.48. The molecule has 0 amide bonds. The van der Waals surface area contributed by atoms with Crippen LogP contribution in [-0.2, 0) is 32.4 Å². The van der Waals surface area contributed by atoms with E-state index >= 15 is 0 Å². The number of nitrogens with zero attached hydrogens (tertiary/aromatic N) is 3. The van der Waals surface area contributed by atoms with Crippen molar-refractivity contribution in [3.8, 4) is 5.75 Å². The Morgan fingerprint density at radius 3 is 2.12 bits per heavy atom. The van der Waals surface area contributed by atoms with Gasteiger partial charge in [0.05, 0.1) is 12.6 Å². The lowest BCUT2D eigenvalue weighted by atomic mass is 10.0. The van der Waals surface area contributed by atoms with Crippen LogP contribution < -0.4 is 8.73 Å². The molecule has 0 spiro atoms. The lowest BCUT2D eigenvalue weighted by molar-refractivity contribution is -0.149. The van der Waals surface area contributed by atoms with Crippen LogP contribution in [-0.4, -0.2) is 44.7 Å². The van der Waals surface area contributed by atoms with E-state index in [0.717, 1.165) is 60.1 Å². The van der Waals surface area contributed by atoms with Crippen molar-refractivity contribution in [1.82, 2.24) is 13.7 Å². The molecule has 1 aromatic heterocycles. The number of methoxy groups -OCH3 is 1. The minimum atomic E-state index is -3.84. The predicted octanol–water partition coefficient (Wildman–Crippen LogP) is 7.91. The molecule has 0 saturated carbocycles. The molecule has 0 aliphatic rings. The number of unbranched alkanes of at least 4 members (excludes halogenated alkanes) is 3. The fraction of sp³-hybridized carbons (Fsp3) is 0.333. The summed E-state index contributed by atoms with van der Waals surface area (Å²) in [5.41, 5.74) is 4.39. The minimum Gasteiger partial charge on any atom is -0.474 e. The molecule has 9 heteroatoms. The molecule has 2 atom stereocenters. The van der Waals surface area contributed by atoms with Gasteiger partial charge in [-0.25, -0.2) is 9.78 Å². The molecule has 5 aromatic rings. The second kappa shape index (κ2) is 15.6. The van der Waals surface area contributed by atoms with Crippen molar-refractivity contribution >= 4 is 27.0 Å². The zero-order valence-corrected chi connectivity index (χ0v) is 29.2. The molecule has 0 bridgehead atoms. The van der Waals surface area contributed by atoms with Gasteiger partial charge in [0.1, 0.15) is 29.8 Å². The molecule has 5 rings (SSSR count). The van der Waals surface area contributed by atoms with E-state index < -0.39 is 22.1 Å². The Kier molecular flexibility index (Phi) is 11.3. The summed E-state index contributed by atoms with van der Waals surface area (Å²) in [5.74, 6) is 0.865. The highest BCUT2D eigenvalue weighted by Gasteiger charge is 2.43. The van der Waals surface area contributed by atoms with Crippen molar-refractivity contribution < 1.29 is 22.7 Å². The van der Waals surface area contributed by atoms with Crippen LogP contribution in [0.4, 0.5) is 0 Å². The van der Waals surface area contributed by atoms with Crippen molar-refractivity contribution in [2.24, 2.45) is 0 Å². The number of sulfonamides is 1. The van der Waals surface area contributed by atoms with Gasteiger partial charge in [-0.15, -0.1) is 4.00 Å². The van der Waals surface area contributed by atoms with Gasteiger partial charge in [0.15, 0.2) is 5.82 Å². The first-order valence-corrected chi connectivity index (χ1v) is 18.2. The van der Waals surface area contributed by atoms with Crippen LogP contribution in [0.25, 0.3) is 11.0 Å². The molecule has 4 aromatic carbocycles. The van der Waals surface area contributed by atoms with E-state index in [9.17, 15) is 13.2 Å². The first-order chi connectivity index (χ1) is 23.2. The Morgan fingerprint density at radius 2 is 1.48 bits per heavy atom. The summed E-state index contributed by atoms with van der Waals surface area (Å²) < 4.78 is 41.8. The zero-order valence-electron chi connectivity index (χ0n) is 28.3. The summed E-state index contributed by atoms with van der Waals surface area (Å²) in [5, 5.41) is 0. The molecular formula is C39H46N3O5S+. The van der Waals surface area contributed by atoms with Crippen molar-refractivity contribution in [3.63, 3.8) is 0 Å². The summed E-state index contributed by atoms with van der Waals surface area (Å²) in [4.78, 5) is 17.8. The average molecular weight is 669 g/mol. The molecule has 0 N–H and O–H groups in total. The first kappa shape index (κ1) is 34.9. The van der Waals surface area contributed by atoms with Crippen molar-refractivity contribution in [2.75, 3.05) is 20.7 Å². The van der Waals surface area contributed by atoms with Crippen LogP contribution in [0.1, 0.15) is 74.6 Å². The second-order valence-electron chi connectivity index (χ2n) is 12.3. The molecule has 0 radical (unpaired) electrons. The number of rotatable bonds is 16. The maximum Gasteiger partial charge on any atom is 0.351 e. The smallest absolute Gasteiger partial charge is 0.351 e. The molecule has 1 heterocycles. The van der Waals surface area contributed by atoms with Gasteiger partial charge in [0.25, 0.3) is 0 Å². The molecule has 252 valence electrons. The van der Waals surface area contributed by atoms with Gasteiger partial charge in [-0.05, 0) is 66.8 Å². The number of quaternary nitrogens is 1. The predicted molar refractivity (Wildman–Crippen MR) is 191 cm³/mol. The Bertz CT molecular complexity index is 1910. The maximum atomic E-state index is 14.5. The fourth-order valence-electron chi connectivity index (χ4n) is 6.08. The van der Waals surface area contributed by atoms with E-state index in [2.05, 4.69) is 26.0 Å². The van der Waals surface area contributed by atoms with Crippen LogP contribution in [0.3, 0.4) is 0 Å². The number of carbonyl (C=O) groups is 1. The third-order valence-electron chi connectivity index (χ3n) is 8.78. The van der Waals surface area contributed by atoms with Crippen LogP contribution >= 0.6 is 0 Å². The number of hydrogen-bond acceptors (Lipinski definition) is 6. The Hall–Kier alpha value is -4.47. The Labute approximate surface area is 284 Å². The lowest BCUT2D eigenvalue weighted by Gasteiger charge is -2.34. The monoisotopic (exact) mass is 668 g/mol. The van der Waals surface area contributed by atoms with E-state index in [1.807, 2.05) is 78.5 Å². The van der Waals surface area contributed by atoms with Gasteiger partial charge in [-0.3, -0.25) is 0 Å². The highest BCUT2D eigenvalue weighted by Crippen LogP contribution is 2.30. The summed E-state index contributed by atoms with van der Waals surface area (Å²) in [7, 11) is -0.677.